The summed E-state index contributed by atoms with van der Waals surface area (Å²) in [5.74, 6) is 2.67. The van der Waals surface area contributed by atoms with E-state index in [1.165, 1.54) is 0 Å². The van der Waals surface area contributed by atoms with Crippen LogP contribution in [0.5, 0.6) is 5.75 Å². The highest BCUT2D eigenvalue weighted by molar-refractivity contribution is 7.99. The average Bonchev–Trinajstić information content (AvgIpc) is 3.80. The first kappa shape index (κ1) is 32.1. The zero-order chi connectivity index (χ0) is 32.6. The van der Waals surface area contributed by atoms with E-state index in [1.54, 1.807) is 25.1 Å². The van der Waals surface area contributed by atoms with Crippen molar-refractivity contribution < 1.29 is 18.7 Å². The van der Waals surface area contributed by atoms with E-state index < -0.39 is 0 Å². The Morgan fingerprint density at radius 3 is 2.21 bits per heavy atom. The normalized spacial score (nSPS) is 14.8. The molecule has 3 aromatic carbocycles. The number of hydrogen-bond donors (Lipinski definition) is 0. The third-order valence-corrected chi connectivity index (χ3v) is 9.51. The predicted octanol–water partition coefficient (Wildman–Crippen LogP) is 6.69. The number of aromatic nitrogens is 3. The van der Waals surface area contributed by atoms with Gasteiger partial charge in [0.1, 0.15) is 5.75 Å². The summed E-state index contributed by atoms with van der Waals surface area (Å²) >= 11 is 1.61. The Morgan fingerprint density at radius 2 is 1.60 bits per heavy atom. The lowest BCUT2D eigenvalue weighted by molar-refractivity contribution is -0.143. The van der Waals surface area contributed by atoms with Crippen LogP contribution in [0.1, 0.15) is 43.2 Å². The standard InChI is InChI=1S/C37H39N5O4S/c1-27-26-40(22-23-41(27)36(44)34(28-12-5-3-6-13-28)29-14-7-4-8-15-29)33(43)17-9-10-25-47-37-39-38-35(32-16-11-24-46-32)42(37)30-18-20-31(45-2)21-19-30/h3-8,11-16,18-21,24,27,34H,9-10,17,22-23,25-26H2,1-2H3. The Hall–Kier alpha value is -4.83. The summed E-state index contributed by atoms with van der Waals surface area (Å²) in [6.45, 7) is 3.64. The van der Waals surface area contributed by atoms with Gasteiger partial charge >= 0.3 is 0 Å². The van der Waals surface area contributed by atoms with Gasteiger partial charge in [0.2, 0.25) is 17.6 Å². The molecular weight excluding hydrogens is 611 g/mol. The molecule has 6 rings (SSSR count). The van der Waals surface area contributed by atoms with E-state index in [0.29, 0.717) is 37.6 Å². The van der Waals surface area contributed by atoms with Crippen LogP contribution in [0.4, 0.5) is 0 Å². The number of benzene rings is 3. The number of carbonyl (C=O) groups excluding carboxylic acids is 2. The number of methoxy groups -OCH3 is 1. The number of carbonyl (C=O) groups is 2. The molecule has 1 aliphatic rings. The van der Waals surface area contributed by atoms with Crippen molar-refractivity contribution in [3.63, 3.8) is 0 Å². The van der Waals surface area contributed by atoms with Gasteiger partial charge < -0.3 is 19.0 Å². The van der Waals surface area contributed by atoms with Gasteiger partial charge in [-0.25, -0.2) is 0 Å². The molecule has 1 aliphatic heterocycles. The maximum absolute atomic E-state index is 14.0. The van der Waals surface area contributed by atoms with Crippen molar-refractivity contribution in [3.8, 4) is 23.0 Å². The van der Waals surface area contributed by atoms with E-state index in [4.69, 9.17) is 9.15 Å². The molecule has 47 heavy (non-hydrogen) atoms. The third-order valence-electron chi connectivity index (χ3n) is 8.50. The zero-order valence-corrected chi connectivity index (χ0v) is 27.5. The molecule has 9 nitrogen and oxygen atoms in total. The van der Waals surface area contributed by atoms with Gasteiger partial charge in [0, 0.05) is 37.8 Å². The molecule has 5 aromatic rings. The van der Waals surface area contributed by atoms with Gasteiger partial charge in [-0.15, -0.1) is 10.2 Å². The minimum absolute atomic E-state index is 0.0710. The number of ether oxygens (including phenoxy) is 1. The summed E-state index contributed by atoms with van der Waals surface area (Å²) in [5.41, 5.74) is 2.86. The van der Waals surface area contributed by atoms with Crippen molar-refractivity contribution in [1.29, 1.82) is 0 Å². The zero-order valence-electron chi connectivity index (χ0n) is 26.7. The molecule has 0 radical (unpaired) electrons. The second-order valence-electron chi connectivity index (χ2n) is 11.6. The molecule has 1 unspecified atom stereocenters. The smallest absolute Gasteiger partial charge is 0.234 e. The number of rotatable bonds is 12. The van der Waals surface area contributed by atoms with Crippen LogP contribution in [0.3, 0.4) is 0 Å². The maximum Gasteiger partial charge on any atom is 0.234 e. The fraction of sp³-hybridized carbons (Fsp3) is 0.297. The summed E-state index contributed by atoms with van der Waals surface area (Å²) < 4.78 is 12.9. The monoisotopic (exact) mass is 649 g/mol. The molecule has 242 valence electrons. The quantitative estimate of drug-likeness (QED) is 0.110. The van der Waals surface area contributed by atoms with Gasteiger partial charge in [-0.05, 0) is 67.3 Å². The van der Waals surface area contributed by atoms with Crippen LogP contribution in [-0.4, -0.2) is 74.9 Å². The number of furan rings is 1. The van der Waals surface area contributed by atoms with Crippen molar-refractivity contribution in [2.45, 2.75) is 43.3 Å². The van der Waals surface area contributed by atoms with Gasteiger partial charge in [-0.3, -0.25) is 14.2 Å². The molecule has 2 amide bonds. The first-order valence-corrected chi connectivity index (χ1v) is 17.0. The molecule has 1 saturated heterocycles. The number of nitrogens with zero attached hydrogens (tertiary/aromatic N) is 5. The van der Waals surface area contributed by atoms with E-state index in [-0.39, 0.29) is 23.8 Å². The Bertz CT molecular complexity index is 1700. The molecule has 1 fully saturated rings. The van der Waals surface area contributed by atoms with Crippen molar-refractivity contribution in [1.82, 2.24) is 24.6 Å². The summed E-state index contributed by atoms with van der Waals surface area (Å²) in [5, 5.41) is 9.63. The Balaban J connectivity index is 1.02. The molecule has 0 aliphatic carbocycles. The molecule has 0 saturated carbocycles. The summed E-state index contributed by atoms with van der Waals surface area (Å²) in [4.78, 5) is 31.0. The van der Waals surface area contributed by atoms with Crippen molar-refractivity contribution in [3.05, 3.63) is 114 Å². The number of unbranched alkanes of at least 4 members (excludes halogenated alkanes) is 1. The highest BCUT2D eigenvalue weighted by Gasteiger charge is 2.34. The van der Waals surface area contributed by atoms with Crippen LogP contribution < -0.4 is 4.74 Å². The van der Waals surface area contributed by atoms with Crippen molar-refractivity contribution in [2.24, 2.45) is 0 Å². The maximum atomic E-state index is 14.0. The minimum Gasteiger partial charge on any atom is -0.497 e. The molecule has 0 N–H and O–H groups in total. The van der Waals surface area contributed by atoms with Crippen LogP contribution >= 0.6 is 11.8 Å². The van der Waals surface area contributed by atoms with E-state index in [9.17, 15) is 9.59 Å². The molecule has 2 aromatic heterocycles. The summed E-state index contributed by atoms with van der Waals surface area (Å²) in [6, 6.07) is 31.3. The number of piperazine rings is 1. The molecule has 3 heterocycles. The second-order valence-corrected chi connectivity index (χ2v) is 12.7. The van der Waals surface area contributed by atoms with Crippen LogP contribution in [0.15, 0.2) is 113 Å². The number of amides is 2. The molecule has 0 spiro atoms. The van der Waals surface area contributed by atoms with E-state index in [0.717, 1.165) is 46.3 Å². The first-order chi connectivity index (χ1) is 23.0. The molecule has 0 bridgehead atoms. The lowest BCUT2D eigenvalue weighted by Crippen LogP contribution is -2.56. The van der Waals surface area contributed by atoms with Gasteiger partial charge in [0.15, 0.2) is 10.9 Å². The largest absolute Gasteiger partial charge is 0.497 e. The van der Waals surface area contributed by atoms with E-state index in [2.05, 4.69) is 10.2 Å². The van der Waals surface area contributed by atoms with Gasteiger partial charge in [0.25, 0.3) is 0 Å². The SMILES string of the molecule is COc1ccc(-n2c(SCCCCC(=O)N3CCN(C(=O)C(c4ccccc4)c4ccccc4)C(C)C3)nnc2-c2ccco2)cc1. The first-order valence-electron chi connectivity index (χ1n) is 16.0. The van der Waals surface area contributed by atoms with Gasteiger partial charge in [-0.1, -0.05) is 72.4 Å². The van der Waals surface area contributed by atoms with E-state index >= 15 is 0 Å². The Kier molecular flexibility index (Phi) is 10.4. The van der Waals surface area contributed by atoms with Crippen LogP contribution in [0.25, 0.3) is 17.3 Å². The van der Waals surface area contributed by atoms with Gasteiger partial charge in [-0.2, -0.15) is 0 Å². The number of thioether (sulfide) groups is 1. The number of hydrogen-bond acceptors (Lipinski definition) is 7. The Morgan fingerprint density at radius 1 is 0.894 bits per heavy atom. The summed E-state index contributed by atoms with van der Waals surface area (Å²) in [6.07, 6.45) is 3.72. The molecule has 10 heteroatoms. The fourth-order valence-corrected chi connectivity index (χ4v) is 6.99. The summed E-state index contributed by atoms with van der Waals surface area (Å²) in [7, 11) is 1.64. The van der Waals surface area contributed by atoms with Crippen LogP contribution in [0.2, 0.25) is 0 Å². The lowest BCUT2D eigenvalue weighted by atomic mass is 9.89. The van der Waals surface area contributed by atoms with Crippen LogP contribution in [0, 0.1) is 0 Å². The van der Waals surface area contributed by atoms with Crippen LogP contribution in [-0.2, 0) is 9.59 Å². The highest BCUT2D eigenvalue weighted by Crippen LogP contribution is 2.31. The van der Waals surface area contributed by atoms with Gasteiger partial charge in [0.05, 0.1) is 25.0 Å². The predicted molar refractivity (Wildman–Crippen MR) is 183 cm³/mol. The van der Waals surface area contributed by atoms with E-state index in [1.807, 2.05) is 118 Å². The van der Waals surface area contributed by atoms with Crippen molar-refractivity contribution >= 4 is 23.6 Å². The third kappa shape index (κ3) is 7.44. The fourth-order valence-electron chi connectivity index (χ4n) is 6.04. The average molecular weight is 650 g/mol. The minimum atomic E-state index is -0.370. The Labute approximate surface area is 279 Å². The lowest BCUT2D eigenvalue weighted by Gasteiger charge is -2.41. The molecule has 1 atom stereocenters. The topological polar surface area (TPSA) is 93.7 Å². The highest BCUT2D eigenvalue weighted by atomic mass is 32.2. The molecular formula is C37H39N5O4S. The second kappa shape index (κ2) is 15.2. The van der Waals surface area contributed by atoms with Crippen molar-refractivity contribution in [2.75, 3.05) is 32.5 Å².